The van der Waals surface area contributed by atoms with Gasteiger partial charge in [0, 0.05) is 19.1 Å². The lowest BCUT2D eigenvalue weighted by Crippen LogP contribution is -2.42. The van der Waals surface area contributed by atoms with Crippen LogP contribution in [-0.4, -0.2) is 37.6 Å². The summed E-state index contributed by atoms with van der Waals surface area (Å²) in [4.78, 5) is 2.58. The molecule has 0 aromatic rings. The van der Waals surface area contributed by atoms with Gasteiger partial charge in [-0.05, 0) is 44.2 Å². The number of nitrogens with one attached hydrogen (secondary N) is 1. The van der Waals surface area contributed by atoms with Crippen LogP contribution in [0.4, 0.5) is 0 Å². The highest BCUT2D eigenvalue weighted by molar-refractivity contribution is 4.79. The predicted octanol–water partition coefficient (Wildman–Crippen LogP) is 3.52. The maximum absolute atomic E-state index is 3.59. The monoisotopic (exact) mass is 254 g/mol. The van der Waals surface area contributed by atoms with Gasteiger partial charge in [-0.1, -0.05) is 40.5 Å². The van der Waals surface area contributed by atoms with Crippen LogP contribution in [0, 0.1) is 11.3 Å². The normalized spacial score (nSPS) is 25.7. The van der Waals surface area contributed by atoms with E-state index in [-0.39, 0.29) is 0 Å². The summed E-state index contributed by atoms with van der Waals surface area (Å²) in [6.07, 6.45) is 6.95. The molecule has 0 saturated heterocycles. The zero-order valence-electron chi connectivity index (χ0n) is 13.3. The van der Waals surface area contributed by atoms with Crippen LogP contribution in [0.1, 0.15) is 59.8 Å². The van der Waals surface area contributed by atoms with Crippen molar-refractivity contribution in [3.05, 3.63) is 0 Å². The first-order valence-electron chi connectivity index (χ1n) is 7.81. The van der Waals surface area contributed by atoms with Gasteiger partial charge in [0.15, 0.2) is 0 Å². The first kappa shape index (κ1) is 16.0. The lowest BCUT2D eigenvalue weighted by Gasteiger charge is -2.36. The minimum Gasteiger partial charge on any atom is -0.315 e. The highest BCUT2D eigenvalue weighted by atomic mass is 15.1. The lowest BCUT2D eigenvalue weighted by atomic mass is 9.85. The van der Waals surface area contributed by atoms with E-state index in [1.165, 1.54) is 38.6 Å². The fourth-order valence-corrected chi connectivity index (χ4v) is 2.96. The average Bonchev–Trinajstić information content (AvgIpc) is 2.27. The molecule has 1 aliphatic rings. The number of likely N-dealkylation sites (N-methyl/N-ethyl adjacent to an activating group) is 1. The Bertz CT molecular complexity index is 220. The smallest absolute Gasteiger partial charge is 0.0118 e. The SMILES string of the molecule is CC1CCCCC1N(C)CCNCCC(C)(C)C. The molecule has 1 aliphatic carbocycles. The lowest BCUT2D eigenvalue weighted by molar-refractivity contribution is 0.140. The molecular weight excluding hydrogens is 220 g/mol. The minimum atomic E-state index is 0.455. The third-order valence-corrected chi connectivity index (χ3v) is 4.33. The summed E-state index contributed by atoms with van der Waals surface area (Å²) in [5.74, 6) is 0.887. The fraction of sp³-hybridized carbons (Fsp3) is 1.00. The zero-order chi connectivity index (χ0) is 13.6. The summed E-state index contributed by atoms with van der Waals surface area (Å²) in [7, 11) is 2.30. The third kappa shape index (κ3) is 6.19. The Morgan fingerprint density at radius 1 is 1.11 bits per heavy atom. The van der Waals surface area contributed by atoms with Crippen LogP contribution in [0.15, 0.2) is 0 Å². The molecule has 1 saturated carbocycles. The average molecular weight is 254 g/mol. The van der Waals surface area contributed by atoms with Gasteiger partial charge in [0.25, 0.3) is 0 Å². The Kier molecular flexibility index (Phi) is 6.65. The van der Waals surface area contributed by atoms with Crippen LogP contribution in [-0.2, 0) is 0 Å². The maximum Gasteiger partial charge on any atom is 0.0118 e. The van der Waals surface area contributed by atoms with E-state index in [1.807, 2.05) is 0 Å². The Balaban J connectivity index is 2.11. The molecule has 2 unspecified atom stereocenters. The number of hydrogen-bond donors (Lipinski definition) is 1. The van der Waals surface area contributed by atoms with Gasteiger partial charge in [-0.3, -0.25) is 0 Å². The first-order chi connectivity index (χ1) is 8.40. The molecule has 0 heterocycles. The number of hydrogen-bond acceptors (Lipinski definition) is 2. The molecule has 2 heteroatoms. The molecule has 2 atom stereocenters. The van der Waals surface area contributed by atoms with Gasteiger partial charge in [-0.15, -0.1) is 0 Å². The van der Waals surface area contributed by atoms with E-state index in [4.69, 9.17) is 0 Å². The van der Waals surface area contributed by atoms with Crippen molar-refractivity contribution in [3.63, 3.8) is 0 Å². The molecule has 108 valence electrons. The molecule has 0 spiro atoms. The summed E-state index contributed by atoms with van der Waals surface area (Å²) in [6.45, 7) is 12.8. The Labute approximate surface area is 115 Å². The van der Waals surface area contributed by atoms with Crippen LogP contribution in [0.25, 0.3) is 0 Å². The first-order valence-corrected chi connectivity index (χ1v) is 7.81. The van der Waals surface area contributed by atoms with E-state index in [1.54, 1.807) is 0 Å². The van der Waals surface area contributed by atoms with Crippen molar-refractivity contribution in [2.75, 3.05) is 26.7 Å². The van der Waals surface area contributed by atoms with Gasteiger partial charge in [0.05, 0.1) is 0 Å². The van der Waals surface area contributed by atoms with Crippen molar-refractivity contribution in [2.45, 2.75) is 65.8 Å². The molecule has 0 aliphatic heterocycles. The van der Waals surface area contributed by atoms with E-state index < -0.39 is 0 Å². The van der Waals surface area contributed by atoms with Crippen LogP contribution in [0.2, 0.25) is 0 Å². The molecular formula is C16H34N2. The molecule has 1 fully saturated rings. The Morgan fingerprint density at radius 2 is 1.78 bits per heavy atom. The van der Waals surface area contributed by atoms with Crippen molar-refractivity contribution >= 4 is 0 Å². The molecule has 0 radical (unpaired) electrons. The van der Waals surface area contributed by atoms with Gasteiger partial charge < -0.3 is 10.2 Å². The van der Waals surface area contributed by atoms with Gasteiger partial charge in [0.1, 0.15) is 0 Å². The van der Waals surface area contributed by atoms with E-state index >= 15 is 0 Å². The van der Waals surface area contributed by atoms with Gasteiger partial charge in [0.2, 0.25) is 0 Å². The summed E-state index contributed by atoms with van der Waals surface area (Å²) < 4.78 is 0. The summed E-state index contributed by atoms with van der Waals surface area (Å²) in [6, 6.07) is 0.822. The van der Waals surface area contributed by atoms with Crippen LogP contribution in [0.5, 0.6) is 0 Å². The number of rotatable bonds is 6. The second-order valence-corrected chi connectivity index (χ2v) is 7.37. The van der Waals surface area contributed by atoms with Crippen LogP contribution in [0.3, 0.4) is 0 Å². The number of nitrogens with zero attached hydrogens (tertiary/aromatic N) is 1. The molecule has 0 bridgehead atoms. The van der Waals surface area contributed by atoms with Crippen molar-refractivity contribution in [3.8, 4) is 0 Å². The van der Waals surface area contributed by atoms with Crippen molar-refractivity contribution in [1.82, 2.24) is 10.2 Å². The second-order valence-electron chi connectivity index (χ2n) is 7.37. The summed E-state index contributed by atoms with van der Waals surface area (Å²) in [5, 5.41) is 3.59. The zero-order valence-corrected chi connectivity index (χ0v) is 13.3. The largest absolute Gasteiger partial charge is 0.315 e. The molecule has 0 aromatic heterocycles. The van der Waals surface area contributed by atoms with Crippen LogP contribution >= 0.6 is 0 Å². The predicted molar refractivity (Wildman–Crippen MR) is 81.0 cm³/mol. The minimum absolute atomic E-state index is 0.455. The Hall–Kier alpha value is -0.0800. The molecule has 0 aromatic carbocycles. The maximum atomic E-state index is 3.59. The quantitative estimate of drug-likeness (QED) is 0.730. The topological polar surface area (TPSA) is 15.3 Å². The molecule has 2 nitrogen and oxygen atoms in total. The third-order valence-electron chi connectivity index (χ3n) is 4.33. The van der Waals surface area contributed by atoms with Crippen molar-refractivity contribution in [1.29, 1.82) is 0 Å². The fourth-order valence-electron chi connectivity index (χ4n) is 2.96. The Morgan fingerprint density at radius 3 is 2.39 bits per heavy atom. The van der Waals surface area contributed by atoms with E-state index in [2.05, 4.69) is 45.0 Å². The van der Waals surface area contributed by atoms with Crippen molar-refractivity contribution in [2.24, 2.45) is 11.3 Å². The van der Waals surface area contributed by atoms with E-state index in [0.29, 0.717) is 5.41 Å². The standard InChI is InChI=1S/C16H34N2/c1-14-8-6-7-9-15(14)18(5)13-12-17-11-10-16(2,3)4/h14-15,17H,6-13H2,1-5H3. The molecule has 1 N–H and O–H groups in total. The van der Waals surface area contributed by atoms with Crippen molar-refractivity contribution < 1.29 is 0 Å². The highest BCUT2D eigenvalue weighted by Crippen LogP contribution is 2.27. The summed E-state index contributed by atoms with van der Waals surface area (Å²) in [5.41, 5.74) is 0.455. The van der Waals surface area contributed by atoms with Gasteiger partial charge in [-0.2, -0.15) is 0 Å². The highest BCUT2D eigenvalue weighted by Gasteiger charge is 2.24. The summed E-state index contributed by atoms with van der Waals surface area (Å²) >= 11 is 0. The van der Waals surface area contributed by atoms with Crippen LogP contribution < -0.4 is 5.32 Å². The van der Waals surface area contributed by atoms with Gasteiger partial charge in [-0.25, -0.2) is 0 Å². The van der Waals surface area contributed by atoms with E-state index in [9.17, 15) is 0 Å². The van der Waals surface area contributed by atoms with Gasteiger partial charge >= 0.3 is 0 Å². The van der Waals surface area contributed by atoms with E-state index in [0.717, 1.165) is 25.0 Å². The molecule has 0 amide bonds. The second kappa shape index (κ2) is 7.49. The molecule has 18 heavy (non-hydrogen) atoms. The molecule has 1 rings (SSSR count).